The van der Waals surface area contributed by atoms with Crippen LogP contribution in [-0.2, 0) is 6.54 Å². The molecule has 0 amide bonds. The largest absolute Gasteiger partial charge is 0.454 e. The monoisotopic (exact) mass is 452 g/mol. The number of benzene rings is 1. The van der Waals surface area contributed by atoms with E-state index in [0.29, 0.717) is 35.3 Å². The van der Waals surface area contributed by atoms with Crippen molar-refractivity contribution >= 4 is 28.7 Å². The molecule has 11 heteroatoms. The summed E-state index contributed by atoms with van der Waals surface area (Å²) in [5.74, 6) is 2.36. The van der Waals surface area contributed by atoms with Crippen LogP contribution in [0.1, 0.15) is 13.8 Å². The third-order valence-electron chi connectivity index (χ3n) is 5.06. The second-order valence-corrected chi connectivity index (χ2v) is 8.86. The van der Waals surface area contributed by atoms with E-state index < -0.39 is 0 Å². The van der Waals surface area contributed by atoms with Gasteiger partial charge in [0.1, 0.15) is 6.33 Å². The van der Waals surface area contributed by atoms with Gasteiger partial charge < -0.3 is 25.1 Å². The Morgan fingerprint density at radius 1 is 1.25 bits per heavy atom. The number of imidazole rings is 1. The first-order valence-electron chi connectivity index (χ1n) is 10.4. The molecule has 4 heterocycles. The van der Waals surface area contributed by atoms with Crippen LogP contribution in [0.4, 0.5) is 5.82 Å². The van der Waals surface area contributed by atoms with Crippen molar-refractivity contribution in [3.8, 4) is 22.8 Å². The summed E-state index contributed by atoms with van der Waals surface area (Å²) >= 11 is 1.52. The van der Waals surface area contributed by atoms with E-state index in [0.717, 1.165) is 40.0 Å². The molecule has 0 bridgehead atoms. The van der Waals surface area contributed by atoms with E-state index in [-0.39, 0.29) is 6.79 Å². The van der Waals surface area contributed by atoms with Gasteiger partial charge in [-0.05, 0) is 30.7 Å². The van der Waals surface area contributed by atoms with Crippen LogP contribution in [-0.4, -0.2) is 49.6 Å². The van der Waals surface area contributed by atoms with Gasteiger partial charge in [-0.25, -0.2) is 15.0 Å². The molecule has 1 aliphatic rings. The lowest BCUT2D eigenvalue weighted by Crippen LogP contribution is -2.24. The number of hydrogen-bond acceptors (Lipinski definition) is 9. The van der Waals surface area contributed by atoms with E-state index in [2.05, 4.69) is 43.9 Å². The molecule has 4 aromatic rings. The number of H-pyrrole nitrogens is 1. The van der Waals surface area contributed by atoms with Gasteiger partial charge in [0.05, 0.1) is 5.69 Å². The summed E-state index contributed by atoms with van der Waals surface area (Å²) in [6, 6.07) is 5.85. The smallest absolute Gasteiger partial charge is 0.231 e. The zero-order valence-electron chi connectivity index (χ0n) is 17.8. The molecule has 5 rings (SSSR count). The van der Waals surface area contributed by atoms with Gasteiger partial charge in [0.15, 0.2) is 33.6 Å². The zero-order valence-corrected chi connectivity index (χ0v) is 18.6. The maximum atomic E-state index is 6.11. The van der Waals surface area contributed by atoms with Gasteiger partial charge >= 0.3 is 0 Å². The number of fused-ring (bicyclic) bond motifs is 2. The molecule has 0 spiro atoms. The first kappa shape index (κ1) is 20.6. The highest BCUT2D eigenvalue weighted by Crippen LogP contribution is 2.44. The van der Waals surface area contributed by atoms with Crippen LogP contribution in [0.3, 0.4) is 0 Å². The molecule has 166 valence electrons. The van der Waals surface area contributed by atoms with Crippen LogP contribution in [0, 0.1) is 5.92 Å². The third-order valence-corrected chi connectivity index (χ3v) is 6.11. The van der Waals surface area contributed by atoms with E-state index >= 15 is 0 Å². The highest BCUT2D eigenvalue weighted by molar-refractivity contribution is 7.99. The predicted molar refractivity (Wildman–Crippen MR) is 122 cm³/mol. The maximum Gasteiger partial charge on any atom is 0.231 e. The first-order chi connectivity index (χ1) is 15.6. The molecule has 0 aliphatic carbocycles. The van der Waals surface area contributed by atoms with Gasteiger partial charge in [0, 0.05) is 29.7 Å². The van der Waals surface area contributed by atoms with E-state index in [4.69, 9.17) is 20.2 Å². The molecule has 0 unspecified atom stereocenters. The van der Waals surface area contributed by atoms with E-state index in [9.17, 15) is 0 Å². The number of aromatic nitrogens is 6. The van der Waals surface area contributed by atoms with Crippen molar-refractivity contribution in [3.63, 3.8) is 0 Å². The number of nitrogens with zero attached hydrogens (tertiary/aromatic N) is 5. The molecule has 32 heavy (non-hydrogen) atoms. The van der Waals surface area contributed by atoms with Crippen molar-refractivity contribution in [2.75, 3.05) is 25.6 Å². The van der Waals surface area contributed by atoms with E-state index in [1.807, 2.05) is 18.2 Å². The summed E-state index contributed by atoms with van der Waals surface area (Å²) in [5, 5.41) is 11.4. The molecule has 1 aliphatic heterocycles. The first-order valence-corrected chi connectivity index (χ1v) is 11.2. The van der Waals surface area contributed by atoms with Gasteiger partial charge in [0.2, 0.25) is 6.79 Å². The standard InChI is InChI=1S/C21H24N8O2S/c1-12(2)9-23-5-6-29-20-18(19(22)24-10-25-20)27-21(29)32-17-8-16-15(30-11-31-16)7-13(17)14-3-4-26-28-14/h3-4,7-8,10,12,23H,5-6,9,11H2,1-2H3,(H,26,28)(H2,22,24,25). The quantitative estimate of drug-likeness (QED) is 0.346. The molecule has 1 aromatic carbocycles. The maximum absolute atomic E-state index is 6.11. The minimum atomic E-state index is 0.206. The van der Waals surface area contributed by atoms with Crippen molar-refractivity contribution in [1.82, 2.24) is 35.0 Å². The lowest BCUT2D eigenvalue weighted by molar-refractivity contribution is 0.174. The van der Waals surface area contributed by atoms with Crippen LogP contribution in [0.25, 0.3) is 22.4 Å². The molecule has 0 saturated heterocycles. The topological polar surface area (TPSA) is 129 Å². The van der Waals surface area contributed by atoms with Crippen LogP contribution >= 0.6 is 11.8 Å². The Hall–Kier alpha value is -3.31. The Balaban J connectivity index is 1.54. The Labute approximate surface area is 188 Å². The average molecular weight is 453 g/mol. The fraction of sp³-hybridized carbons (Fsp3) is 0.333. The SMILES string of the molecule is CC(C)CNCCn1c(Sc2cc3c(cc2-c2ccn[nH]2)OCO3)nc2c(N)ncnc21. The number of aromatic amines is 1. The summed E-state index contributed by atoms with van der Waals surface area (Å²) in [5.41, 5.74) is 9.26. The van der Waals surface area contributed by atoms with Gasteiger partial charge in [-0.3, -0.25) is 5.10 Å². The van der Waals surface area contributed by atoms with Crippen molar-refractivity contribution in [3.05, 3.63) is 30.7 Å². The fourth-order valence-corrected chi connectivity index (χ4v) is 4.58. The predicted octanol–water partition coefficient (Wildman–Crippen LogP) is 2.92. The average Bonchev–Trinajstić information content (AvgIpc) is 3.51. The number of nitrogens with two attached hydrogens (primary N) is 1. The summed E-state index contributed by atoms with van der Waals surface area (Å²) in [6.07, 6.45) is 3.20. The normalized spacial score (nSPS) is 12.8. The number of nitrogen functional groups attached to an aromatic ring is 1. The summed E-state index contributed by atoms with van der Waals surface area (Å²) < 4.78 is 13.3. The minimum absolute atomic E-state index is 0.206. The molecule has 0 radical (unpaired) electrons. The number of rotatable bonds is 8. The molecule has 10 nitrogen and oxygen atoms in total. The zero-order chi connectivity index (χ0) is 22.1. The van der Waals surface area contributed by atoms with Gasteiger partial charge in [0.25, 0.3) is 0 Å². The number of nitrogens with one attached hydrogen (secondary N) is 2. The van der Waals surface area contributed by atoms with Crippen LogP contribution in [0.5, 0.6) is 11.5 Å². The Bertz CT molecular complexity index is 1240. The second-order valence-electron chi connectivity index (χ2n) is 7.85. The van der Waals surface area contributed by atoms with Gasteiger partial charge in [-0.2, -0.15) is 5.10 Å². The van der Waals surface area contributed by atoms with Gasteiger partial charge in [-0.15, -0.1) is 0 Å². The van der Waals surface area contributed by atoms with Crippen LogP contribution < -0.4 is 20.5 Å². The highest BCUT2D eigenvalue weighted by Gasteiger charge is 2.22. The van der Waals surface area contributed by atoms with E-state index in [1.54, 1.807) is 6.20 Å². The summed E-state index contributed by atoms with van der Waals surface area (Å²) in [6.45, 7) is 7.01. The van der Waals surface area contributed by atoms with Crippen LogP contribution in [0.2, 0.25) is 0 Å². The number of hydrogen-bond donors (Lipinski definition) is 3. The number of anilines is 1. The Morgan fingerprint density at radius 2 is 2.09 bits per heavy atom. The molecular formula is C21H24N8O2S. The lowest BCUT2D eigenvalue weighted by atomic mass is 10.1. The molecule has 4 N–H and O–H groups in total. The highest BCUT2D eigenvalue weighted by atomic mass is 32.2. The van der Waals surface area contributed by atoms with Crippen molar-refractivity contribution < 1.29 is 9.47 Å². The fourth-order valence-electron chi connectivity index (χ4n) is 3.52. The Morgan fingerprint density at radius 3 is 2.88 bits per heavy atom. The number of ether oxygens (including phenoxy) is 2. The molecule has 0 atom stereocenters. The molecule has 0 saturated carbocycles. The van der Waals surface area contributed by atoms with Crippen LogP contribution in [0.15, 0.2) is 40.8 Å². The summed E-state index contributed by atoms with van der Waals surface area (Å²) in [4.78, 5) is 14.3. The van der Waals surface area contributed by atoms with Crippen molar-refractivity contribution in [2.24, 2.45) is 5.92 Å². The minimum Gasteiger partial charge on any atom is -0.454 e. The van der Waals surface area contributed by atoms with E-state index in [1.165, 1.54) is 18.1 Å². The second kappa shape index (κ2) is 8.67. The van der Waals surface area contributed by atoms with Gasteiger partial charge in [-0.1, -0.05) is 25.6 Å². The lowest BCUT2D eigenvalue weighted by Gasteiger charge is -2.12. The third kappa shape index (κ3) is 3.96. The molecular weight excluding hydrogens is 428 g/mol. The molecule has 0 fully saturated rings. The molecule has 3 aromatic heterocycles. The summed E-state index contributed by atoms with van der Waals surface area (Å²) in [7, 11) is 0. The Kier molecular flexibility index (Phi) is 5.58. The van der Waals surface area contributed by atoms with Crippen molar-refractivity contribution in [1.29, 1.82) is 0 Å². The van der Waals surface area contributed by atoms with Crippen molar-refractivity contribution in [2.45, 2.75) is 30.4 Å².